The van der Waals surface area contributed by atoms with Gasteiger partial charge in [-0.2, -0.15) is 0 Å². The minimum Gasteiger partial charge on any atom is -0.475 e. The van der Waals surface area contributed by atoms with Crippen LogP contribution in [0.15, 0.2) is 84.0 Å². The Balaban J connectivity index is 1.59. The topological polar surface area (TPSA) is 55.0 Å². The number of aromatic amines is 1. The van der Waals surface area contributed by atoms with Crippen LogP contribution in [0.4, 0.5) is 0 Å². The summed E-state index contributed by atoms with van der Waals surface area (Å²) >= 11 is 1.79. The maximum absolute atomic E-state index is 12.7. The maximum atomic E-state index is 12.7. The quantitative estimate of drug-likeness (QED) is 0.301. The number of imidazole rings is 1. The van der Waals surface area contributed by atoms with Crippen LogP contribution in [0.25, 0.3) is 0 Å². The largest absolute Gasteiger partial charge is 0.475 e. The van der Waals surface area contributed by atoms with Gasteiger partial charge in [-0.05, 0) is 56.0 Å². The first kappa shape index (κ1) is 22.5. The number of aryl methyl sites for hydroxylation is 1. The highest BCUT2D eigenvalue weighted by atomic mass is 32.2. The Kier molecular flexibility index (Phi) is 6.29. The Morgan fingerprint density at radius 1 is 1.03 bits per heavy atom. The van der Waals surface area contributed by atoms with Crippen LogP contribution < -0.4 is 4.74 Å². The van der Waals surface area contributed by atoms with Crippen molar-refractivity contribution in [3.63, 3.8) is 0 Å². The summed E-state index contributed by atoms with van der Waals surface area (Å²) < 4.78 is 6.87. The lowest BCUT2D eigenvalue weighted by molar-refractivity contribution is 0.0971. The average Bonchev–Trinajstić information content (AvgIpc) is 3.41. The molecule has 0 radical (unpaired) electrons. The molecule has 0 aliphatic heterocycles. The molecule has 0 saturated carbocycles. The van der Waals surface area contributed by atoms with Gasteiger partial charge in [0.2, 0.25) is 0 Å². The summed E-state index contributed by atoms with van der Waals surface area (Å²) in [6, 6.07) is 22.5. The predicted octanol–water partition coefficient (Wildman–Crippen LogP) is 6.87. The van der Waals surface area contributed by atoms with Gasteiger partial charge in [-0.1, -0.05) is 48.5 Å². The first-order valence-electron chi connectivity index (χ1n) is 11.7. The number of nitrogens with one attached hydrogen (secondary N) is 1. The number of thioether (sulfide) groups is 1. The molecular weight excluding hydrogens is 440 g/mol. The lowest BCUT2D eigenvalue weighted by Gasteiger charge is -2.32. The summed E-state index contributed by atoms with van der Waals surface area (Å²) in [6.45, 7) is 4.18. The van der Waals surface area contributed by atoms with Gasteiger partial charge in [0, 0.05) is 46.2 Å². The minimum atomic E-state index is -0.806. The SMILES string of the molecule is Cc1ccccc1SCc1c(O[C@@](C)(c2ccccc2)c2ncc[nH]2)ccc2c1CCCC2=O. The van der Waals surface area contributed by atoms with Crippen LogP contribution in [0.3, 0.4) is 0 Å². The average molecular weight is 469 g/mol. The number of ether oxygens (including phenoxy) is 1. The fourth-order valence-corrected chi connectivity index (χ4v) is 5.73. The van der Waals surface area contributed by atoms with E-state index in [4.69, 9.17) is 4.74 Å². The number of H-pyrrole nitrogens is 1. The highest BCUT2D eigenvalue weighted by Crippen LogP contribution is 2.40. The Morgan fingerprint density at radius 3 is 2.59 bits per heavy atom. The van der Waals surface area contributed by atoms with Crippen LogP contribution in [-0.2, 0) is 17.8 Å². The molecule has 1 aliphatic carbocycles. The van der Waals surface area contributed by atoms with E-state index in [9.17, 15) is 4.79 Å². The normalized spacial score (nSPS) is 14.9. The second-order valence-corrected chi connectivity index (χ2v) is 9.86. The third kappa shape index (κ3) is 4.28. The van der Waals surface area contributed by atoms with Gasteiger partial charge in [-0.3, -0.25) is 4.79 Å². The van der Waals surface area contributed by atoms with E-state index in [1.54, 1.807) is 18.0 Å². The van der Waals surface area contributed by atoms with Crippen molar-refractivity contribution in [2.45, 2.75) is 49.4 Å². The molecule has 5 rings (SSSR count). The van der Waals surface area contributed by atoms with Crippen LogP contribution in [0, 0.1) is 6.92 Å². The van der Waals surface area contributed by atoms with E-state index in [0.29, 0.717) is 6.42 Å². The number of ketones is 1. The highest BCUT2D eigenvalue weighted by Gasteiger charge is 2.35. The summed E-state index contributed by atoms with van der Waals surface area (Å²) in [4.78, 5) is 21.8. The molecule has 0 bridgehead atoms. The van der Waals surface area contributed by atoms with Crippen molar-refractivity contribution in [3.05, 3.63) is 113 Å². The molecule has 5 heteroatoms. The van der Waals surface area contributed by atoms with Crippen LogP contribution in [-0.4, -0.2) is 15.8 Å². The minimum absolute atomic E-state index is 0.229. The number of benzene rings is 3. The first-order chi connectivity index (χ1) is 16.6. The molecule has 34 heavy (non-hydrogen) atoms. The molecule has 4 nitrogen and oxygen atoms in total. The number of Topliss-reactive ketones (excluding diaryl/α,β-unsaturated/α-hetero) is 1. The first-order valence-corrected chi connectivity index (χ1v) is 12.7. The fourth-order valence-electron chi connectivity index (χ4n) is 4.65. The number of aromatic nitrogens is 2. The summed E-state index contributed by atoms with van der Waals surface area (Å²) in [5.41, 5.74) is 4.53. The van der Waals surface area contributed by atoms with E-state index in [-0.39, 0.29) is 5.78 Å². The molecule has 0 spiro atoms. The van der Waals surface area contributed by atoms with Gasteiger partial charge in [0.15, 0.2) is 17.2 Å². The molecule has 1 N–H and O–H groups in total. The van der Waals surface area contributed by atoms with Crippen LogP contribution >= 0.6 is 11.8 Å². The molecule has 0 fully saturated rings. The molecule has 0 amide bonds. The number of fused-ring (bicyclic) bond motifs is 1. The standard InChI is InChI=1S/C29H28N2O2S/c1-20-9-6-7-14-27(20)34-19-24-22-12-8-13-25(32)23(22)15-16-26(24)33-29(2,28-30-17-18-31-28)21-10-4-3-5-11-21/h3-7,9-11,14-18H,8,12-13,19H2,1-2H3,(H,30,31)/t29-/m0/s1. The van der Waals surface area contributed by atoms with Crippen molar-refractivity contribution in [2.24, 2.45) is 0 Å². The number of carbonyl (C=O) groups is 1. The molecule has 1 aliphatic rings. The van der Waals surface area contributed by atoms with E-state index in [2.05, 4.69) is 53.3 Å². The molecule has 172 valence electrons. The zero-order chi connectivity index (χ0) is 23.5. The highest BCUT2D eigenvalue weighted by molar-refractivity contribution is 7.98. The van der Waals surface area contributed by atoms with Gasteiger partial charge in [0.25, 0.3) is 0 Å². The number of rotatable bonds is 7. The summed E-state index contributed by atoms with van der Waals surface area (Å²) in [5, 5.41) is 0. The van der Waals surface area contributed by atoms with Crippen LogP contribution in [0.5, 0.6) is 5.75 Å². The molecule has 1 atom stereocenters. The number of carbonyl (C=O) groups excluding carboxylic acids is 1. The number of nitrogens with zero attached hydrogens (tertiary/aromatic N) is 1. The van der Waals surface area contributed by atoms with Gasteiger partial charge in [-0.15, -0.1) is 11.8 Å². The molecule has 0 unspecified atom stereocenters. The van der Waals surface area contributed by atoms with Crippen LogP contribution in [0.1, 0.15) is 58.2 Å². The lowest BCUT2D eigenvalue weighted by Crippen LogP contribution is -2.33. The Labute approximate surface area is 204 Å². The molecule has 3 aromatic carbocycles. The Bertz CT molecular complexity index is 1300. The zero-order valence-corrected chi connectivity index (χ0v) is 20.3. The second kappa shape index (κ2) is 9.51. The third-order valence-electron chi connectivity index (χ3n) is 6.57. The molecule has 1 aromatic heterocycles. The predicted molar refractivity (Wildman–Crippen MR) is 137 cm³/mol. The van der Waals surface area contributed by atoms with Crippen molar-refractivity contribution < 1.29 is 9.53 Å². The zero-order valence-electron chi connectivity index (χ0n) is 19.5. The van der Waals surface area contributed by atoms with Crippen molar-refractivity contribution in [1.29, 1.82) is 0 Å². The molecule has 1 heterocycles. The van der Waals surface area contributed by atoms with E-state index in [1.165, 1.54) is 10.5 Å². The summed E-state index contributed by atoms with van der Waals surface area (Å²) in [7, 11) is 0. The van der Waals surface area contributed by atoms with E-state index < -0.39 is 5.60 Å². The molecular formula is C29H28N2O2S. The summed E-state index contributed by atoms with van der Waals surface area (Å²) in [6.07, 6.45) is 5.96. The van der Waals surface area contributed by atoms with Gasteiger partial charge in [0.1, 0.15) is 5.75 Å². The van der Waals surface area contributed by atoms with Crippen molar-refractivity contribution in [1.82, 2.24) is 9.97 Å². The van der Waals surface area contributed by atoms with Gasteiger partial charge in [-0.25, -0.2) is 4.98 Å². The molecule has 0 saturated heterocycles. The fraction of sp³-hybridized carbons (Fsp3) is 0.241. The van der Waals surface area contributed by atoms with Gasteiger partial charge < -0.3 is 9.72 Å². The Hall–Kier alpha value is -3.31. The van der Waals surface area contributed by atoms with E-state index in [1.807, 2.05) is 43.5 Å². The summed E-state index contributed by atoms with van der Waals surface area (Å²) in [5.74, 6) is 2.51. The maximum Gasteiger partial charge on any atom is 0.188 e. The monoisotopic (exact) mass is 468 g/mol. The van der Waals surface area contributed by atoms with Crippen molar-refractivity contribution in [3.8, 4) is 5.75 Å². The van der Waals surface area contributed by atoms with Crippen molar-refractivity contribution >= 4 is 17.5 Å². The third-order valence-corrected chi connectivity index (χ3v) is 7.78. The van der Waals surface area contributed by atoms with E-state index in [0.717, 1.165) is 52.4 Å². The van der Waals surface area contributed by atoms with Crippen molar-refractivity contribution in [2.75, 3.05) is 0 Å². The Morgan fingerprint density at radius 2 is 1.82 bits per heavy atom. The van der Waals surface area contributed by atoms with Gasteiger partial charge >= 0.3 is 0 Å². The van der Waals surface area contributed by atoms with Gasteiger partial charge in [0.05, 0.1) is 0 Å². The van der Waals surface area contributed by atoms with Crippen LogP contribution in [0.2, 0.25) is 0 Å². The number of hydrogen-bond acceptors (Lipinski definition) is 4. The smallest absolute Gasteiger partial charge is 0.188 e. The number of hydrogen-bond donors (Lipinski definition) is 1. The molecule has 4 aromatic rings. The lowest BCUT2D eigenvalue weighted by atomic mass is 9.87. The van der Waals surface area contributed by atoms with E-state index >= 15 is 0 Å². The second-order valence-electron chi connectivity index (χ2n) is 8.84.